The van der Waals surface area contributed by atoms with Crippen LogP contribution in [0.15, 0.2) is 0 Å². The van der Waals surface area contributed by atoms with Crippen LogP contribution in [-0.2, 0) is 4.79 Å². The third kappa shape index (κ3) is 4.65. The Bertz CT molecular complexity index is 220. The fraction of sp³-hybridized carbons (Fsp3) is 0.917. The lowest BCUT2D eigenvalue weighted by Gasteiger charge is -2.31. The summed E-state index contributed by atoms with van der Waals surface area (Å²) in [7, 11) is 0. The molecular formula is C12H24N2O. The normalized spacial score (nSPS) is 22.9. The average molecular weight is 212 g/mol. The molecule has 3 heteroatoms. The van der Waals surface area contributed by atoms with Crippen molar-refractivity contribution in [2.24, 2.45) is 11.1 Å². The highest BCUT2D eigenvalue weighted by Gasteiger charge is 2.22. The van der Waals surface area contributed by atoms with E-state index < -0.39 is 0 Å². The minimum Gasteiger partial charge on any atom is -0.341 e. The Morgan fingerprint density at radius 2 is 2.13 bits per heavy atom. The molecule has 1 amide bonds. The first-order valence-electron chi connectivity index (χ1n) is 5.92. The first kappa shape index (κ1) is 12.5. The zero-order valence-electron chi connectivity index (χ0n) is 10.3. The molecule has 0 aromatic rings. The largest absolute Gasteiger partial charge is 0.341 e. The molecule has 15 heavy (non-hydrogen) atoms. The number of nitrogens with zero attached hydrogens (tertiary/aromatic N) is 1. The van der Waals surface area contributed by atoms with E-state index in [1.165, 1.54) is 0 Å². The van der Waals surface area contributed by atoms with Gasteiger partial charge in [-0.05, 0) is 24.7 Å². The zero-order valence-corrected chi connectivity index (χ0v) is 10.3. The molecule has 0 aliphatic carbocycles. The molecule has 2 N–H and O–H groups in total. The Kier molecular flexibility index (Phi) is 4.14. The van der Waals surface area contributed by atoms with Gasteiger partial charge in [-0.1, -0.05) is 20.8 Å². The quantitative estimate of drug-likeness (QED) is 0.758. The van der Waals surface area contributed by atoms with E-state index in [0.717, 1.165) is 32.4 Å². The molecule has 1 rings (SSSR count). The van der Waals surface area contributed by atoms with Gasteiger partial charge >= 0.3 is 0 Å². The zero-order chi connectivity index (χ0) is 11.5. The van der Waals surface area contributed by atoms with Crippen LogP contribution in [0.2, 0.25) is 0 Å². The molecule has 0 aromatic carbocycles. The number of nitrogens with two attached hydrogens (primary N) is 1. The van der Waals surface area contributed by atoms with Gasteiger partial charge in [0.05, 0.1) is 0 Å². The van der Waals surface area contributed by atoms with E-state index in [1.807, 2.05) is 4.90 Å². The van der Waals surface area contributed by atoms with E-state index in [0.29, 0.717) is 6.42 Å². The van der Waals surface area contributed by atoms with Gasteiger partial charge in [0.1, 0.15) is 0 Å². The van der Waals surface area contributed by atoms with Gasteiger partial charge in [-0.3, -0.25) is 4.79 Å². The summed E-state index contributed by atoms with van der Waals surface area (Å²) in [5.74, 6) is 0.278. The number of amides is 1. The van der Waals surface area contributed by atoms with Crippen LogP contribution in [-0.4, -0.2) is 29.9 Å². The predicted octanol–water partition coefficient (Wildman–Crippen LogP) is 1.76. The van der Waals surface area contributed by atoms with Crippen molar-refractivity contribution in [1.29, 1.82) is 0 Å². The SMILES string of the molecule is CC(C)(C)CCC(=O)N1CCCC(N)C1. The molecule has 0 aromatic heterocycles. The van der Waals surface area contributed by atoms with E-state index in [1.54, 1.807) is 0 Å². The summed E-state index contributed by atoms with van der Waals surface area (Å²) in [5.41, 5.74) is 6.09. The van der Waals surface area contributed by atoms with Crippen molar-refractivity contribution in [2.75, 3.05) is 13.1 Å². The highest BCUT2D eigenvalue weighted by Crippen LogP contribution is 2.21. The van der Waals surface area contributed by atoms with Crippen molar-refractivity contribution in [3.05, 3.63) is 0 Å². The van der Waals surface area contributed by atoms with E-state index >= 15 is 0 Å². The average Bonchev–Trinajstić information content (AvgIpc) is 2.13. The fourth-order valence-corrected chi connectivity index (χ4v) is 1.88. The summed E-state index contributed by atoms with van der Waals surface area (Å²) >= 11 is 0. The molecule has 3 nitrogen and oxygen atoms in total. The van der Waals surface area contributed by atoms with Gasteiger partial charge in [0.2, 0.25) is 5.91 Å². The van der Waals surface area contributed by atoms with E-state index in [-0.39, 0.29) is 17.4 Å². The minimum absolute atomic E-state index is 0.192. The minimum atomic E-state index is 0.192. The summed E-state index contributed by atoms with van der Waals surface area (Å²) < 4.78 is 0. The number of carbonyl (C=O) groups is 1. The number of hydrogen-bond acceptors (Lipinski definition) is 2. The van der Waals surface area contributed by atoms with Gasteiger partial charge in [-0.2, -0.15) is 0 Å². The molecule has 0 spiro atoms. The second-order valence-corrected chi connectivity index (χ2v) is 5.80. The Balaban J connectivity index is 2.33. The maximum atomic E-state index is 11.9. The third-order valence-corrected chi connectivity index (χ3v) is 2.90. The van der Waals surface area contributed by atoms with Crippen molar-refractivity contribution in [3.63, 3.8) is 0 Å². The lowest BCUT2D eigenvalue weighted by molar-refractivity contribution is -0.132. The standard InChI is InChI=1S/C12H24N2O/c1-12(2,3)7-6-11(15)14-8-4-5-10(13)9-14/h10H,4-9,13H2,1-3H3. The predicted molar refractivity (Wildman–Crippen MR) is 62.5 cm³/mol. The van der Waals surface area contributed by atoms with Crippen LogP contribution in [0.5, 0.6) is 0 Å². The van der Waals surface area contributed by atoms with E-state index in [2.05, 4.69) is 20.8 Å². The summed E-state index contributed by atoms with van der Waals surface area (Å²) in [4.78, 5) is 13.8. The molecule has 1 saturated heterocycles. The van der Waals surface area contributed by atoms with Crippen LogP contribution in [0, 0.1) is 5.41 Å². The molecular weight excluding hydrogens is 188 g/mol. The maximum Gasteiger partial charge on any atom is 0.222 e. The Labute approximate surface area is 93.0 Å². The van der Waals surface area contributed by atoms with Crippen LogP contribution >= 0.6 is 0 Å². The topological polar surface area (TPSA) is 46.3 Å². The Hall–Kier alpha value is -0.570. The van der Waals surface area contributed by atoms with Crippen molar-refractivity contribution >= 4 is 5.91 Å². The number of rotatable bonds is 2. The first-order valence-corrected chi connectivity index (χ1v) is 5.92. The summed E-state index contributed by atoms with van der Waals surface area (Å²) in [6.07, 6.45) is 3.74. The summed E-state index contributed by atoms with van der Waals surface area (Å²) in [5, 5.41) is 0. The Morgan fingerprint density at radius 3 is 2.67 bits per heavy atom. The molecule has 0 saturated carbocycles. The molecule has 88 valence electrons. The van der Waals surface area contributed by atoms with Gasteiger partial charge < -0.3 is 10.6 Å². The maximum absolute atomic E-state index is 11.9. The number of carbonyl (C=O) groups excluding carboxylic acids is 1. The van der Waals surface area contributed by atoms with Crippen LogP contribution in [0.25, 0.3) is 0 Å². The van der Waals surface area contributed by atoms with Gasteiger partial charge in [-0.25, -0.2) is 0 Å². The molecule has 1 fully saturated rings. The highest BCUT2D eigenvalue weighted by molar-refractivity contribution is 5.76. The number of hydrogen-bond donors (Lipinski definition) is 1. The first-order chi connectivity index (χ1) is 6.88. The van der Waals surface area contributed by atoms with Gasteiger partial charge in [0, 0.05) is 25.6 Å². The lowest BCUT2D eigenvalue weighted by atomic mass is 9.90. The number of likely N-dealkylation sites (tertiary alicyclic amines) is 1. The number of piperidine rings is 1. The second kappa shape index (κ2) is 4.97. The van der Waals surface area contributed by atoms with Gasteiger partial charge in [-0.15, -0.1) is 0 Å². The van der Waals surface area contributed by atoms with Crippen LogP contribution in [0.1, 0.15) is 46.5 Å². The van der Waals surface area contributed by atoms with E-state index in [4.69, 9.17) is 5.73 Å². The summed E-state index contributed by atoms with van der Waals surface area (Å²) in [6, 6.07) is 0.192. The smallest absolute Gasteiger partial charge is 0.222 e. The van der Waals surface area contributed by atoms with Crippen LogP contribution in [0.3, 0.4) is 0 Å². The van der Waals surface area contributed by atoms with Gasteiger partial charge in [0.25, 0.3) is 0 Å². The van der Waals surface area contributed by atoms with Crippen molar-refractivity contribution in [3.8, 4) is 0 Å². The molecule has 1 unspecified atom stereocenters. The van der Waals surface area contributed by atoms with Crippen molar-refractivity contribution in [2.45, 2.75) is 52.5 Å². The lowest BCUT2D eigenvalue weighted by Crippen LogP contribution is -2.45. The fourth-order valence-electron chi connectivity index (χ4n) is 1.88. The van der Waals surface area contributed by atoms with Gasteiger partial charge in [0.15, 0.2) is 0 Å². The third-order valence-electron chi connectivity index (χ3n) is 2.90. The van der Waals surface area contributed by atoms with E-state index in [9.17, 15) is 4.79 Å². The molecule has 1 aliphatic rings. The summed E-state index contributed by atoms with van der Waals surface area (Å²) in [6.45, 7) is 8.16. The molecule has 1 heterocycles. The monoisotopic (exact) mass is 212 g/mol. The second-order valence-electron chi connectivity index (χ2n) is 5.80. The molecule has 1 aliphatic heterocycles. The highest BCUT2D eigenvalue weighted by atomic mass is 16.2. The molecule has 1 atom stereocenters. The van der Waals surface area contributed by atoms with Crippen molar-refractivity contribution in [1.82, 2.24) is 4.90 Å². The Morgan fingerprint density at radius 1 is 1.47 bits per heavy atom. The molecule has 0 radical (unpaired) electrons. The van der Waals surface area contributed by atoms with Crippen molar-refractivity contribution < 1.29 is 4.79 Å². The van der Waals surface area contributed by atoms with Crippen LogP contribution in [0.4, 0.5) is 0 Å². The molecule has 0 bridgehead atoms. The van der Waals surface area contributed by atoms with Crippen LogP contribution < -0.4 is 5.73 Å².